The Kier molecular flexibility index (Phi) is 6.13. The first kappa shape index (κ1) is 16.0. The van der Waals surface area contributed by atoms with Gasteiger partial charge in [0.25, 0.3) is 0 Å². The van der Waals surface area contributed by atoms with Crippen molar-refractivity contribution in [3.05, 3.63) is 0 Å². The number of hydrogen-bond donors (Lipinski definition) is 1. The van der Waals surface area contributed by atoms with Gasteiger partial charge in [-0.05, 0) is 57.2 Å². The molecule has 3 unspecified atom stereocenters. The molecule has 0 aromatic rings. The van der Waals surface area contributed by atoms with Gasteiger partial charge < -0.3 is 5.32 Å². The van der Waals surface area contributed by atoms with Crippen LogP contribution in [0.4, 0.5) is 0 Å². The summed E-state index contributed by atoms with van der Waals surface area (Å²) in [4.78, 5) is 2.69. The minimum atomic E-state index is 0.461. The molecule has 0 spiro atoms. The lowest BCUT2D eigenvalue weighted by Crippen LogP contribution is -2.53. The van der Waals surface area contributed by atoms with E-state index in [2.05, 4.69) is 51.9 Å². The van der Waals surface area contributed by atoms with E-state index in [0.29, 0.717) is 11.5 Å². The normalized spacial score (nSPS) is 29.8. The van der Waals surface area contributed by atoms with Crippen LogP contribution in [0.15, 0.2) is 0 Å². The van der Waals surface area contributed by atoms with Crippen molar-refractivity contribution < 1.29 is 0 Å². The summed E-state index contributed by atoms with van der Waals surface area (Å²) < 4.78 is 0. The summed E-state index contributed by atoms with van der Waals surface area (Å²) in [5.74, 6) is 0.873. The average molecular weight is 254 g/mol. The highest BCUT2D eigenvalue weighted by atomic mass is 15.2. The van der Waals surface area contributed by atoms with Crippen molar-refractivity contribution in [2.75, 3.05) is 20.1 Å². The highest BCUT2D eigenvalue weighted by molar-refractivity contribution is 4.93. The molecule has 0 aromatic carbocycles. The van der Waals surface area contributed by atoms with E-state index in [0.717, 1.165) is 12.0 Å². The van der Waals surface area contributed by atoms with Gasteiger partial charge in [-0.3, -0.25) is 4.90 Å². The topological polar surface area (TPSA) is 15.3 Å². The second-order valence-corrected chi connectivity index (χ2v) is 6.97. The van der Waals surface area contributed by atoms with E-state index in [4.69, 9.17) is 0 Å². The Morgan fingerprint density at radius 1 is 1.17 bits per heavy atom. The average Bonchev–Trinajstić information content (AvgIpc) is 2.34. The minimum Gasteiger partial charge on any atom is -0.315 e. The third-order valence-corrected chi connectivity index (χ3v) is 4.80. The predicted molar refractivity (Wildman–Crippen MR) is 81.0 cm³/mol. The maximum Gasteiger partial charge on any atom is 0.0251 e. The highest BCUT2D eigenvalue weighted by Gasteiger charge is 2.37. The smallest absolute Gasteiger partial charge is 0.0251 e. The highest BCUT2D eigenvalue weighted by Crippen LogP contribution is 2.39. The zero-order valence-corrected chi connectivity index (χ0v) is 13.4. The largest absolute Gasteiger partial charge is 0.315 e. The molecule has 1 saturated carbocycles. The molecule has 0 aliphatic heterocycles. The summed E-state index contributed by atoms with van der Waals surface area (Å²) in [7, 11) is 2.13. The lowest BCUT2D eigenvalue weighted by molar-refractivity contribution is 0.0632. The van der Waals surface area contributed by atoms with Gasteiger partial charge in [0.05, 0.1) is 0 Å². The molecule has 1 aliphatic rings. The molecular formula is C16H34N2. The number of likely N-dealkylation sites (N-methyl/N-ethyl adjacent to an activating group) is 2. The Labute approximate surface area is 115 Å². The molecule has 2 heteroatoms. The van der Waals surface area contributed by atoms with Gasteiger partial charge in [-0.25, -0.2) is 0 Å². The molecule has 1 rings (SSSR count). The first-order chi connectivity index (χ1) is 8.43. The molecule has 0 heterocycles. The van der Waals surface area contributed by atoms with Crippen LogP contribution in [0.1, 0.15) is 60.3 Å². The van der Waals surface area contributed by atoms with E-state index in [1.54, 1.807) is 0 Å². The summed E-state index contributed by atoms with van der Waals surface area (Å²) in [5.41, 5.74) is 0.461. The molecule has 2 nitrogen and oxygen atoms in total. The fourth-order valence-corrected chi connectivity index (χ4v) is 3.52. The van der Waals surface area contributed by atoms with E-state index >= 15 is 0 Å². The van der Waals surface area contributed by atoms with E-state index in [1.807, 2.05) is 0 Å². The summed E-state index contributed by atoms with van der Waals surface area (Å²) >= 11 is 0. The Balaban J connectivity index is 2.75. The van der Waals surface area contributed by atoms with E-state index in [-0.39, 0.29) is 0 Å². The van der Waals surface area contributed by atoms with Crippen molar-refractivity contribution in [1.29, 1.82) is 0 Å². The molecule has 18 heavy (non-hydrogen) atoms. The third-order valence-electron chi connectivity index (χ3n) is 4.80. The van der Waals surface area contributed by atoms with Gasteiger partial charge in [0.1, 0.15) is 0 Å². The zero-order valence-electron chi connectivity index (χ0n) is 13.4. The summed E-state index contributed by atoms with van der Waals surface area (Å²) in [6, 6.07) is 1.42. The quantitative estimate of drug-likeness (QED) is 0.807. The van der Waals surface area contributed by atoms with Gasteiger partial charge in [-0.2, -0.15) is 0 Å². The van der Waals surface area contributed by atoms with Crippen LogP contribution < -0.4 is 5.32 Å². The molecule has 108 valence electrons. The zero-order chi connectivity index (χ0) is 13.8. The van der Waals surface area contributed by atoms with E-state index in [1.165, 1.54) is 38.8 Å². The monoisotopic (exact) mass is 254 g/mol. The maximum atomic E-state index is 3.56. The first-order valence-corrected chi connectivity index (χ1v) is 7.85. The van der Waals surface area contributed by atoms with Crippen LogP contribution >= 0.6 is 0 Å². The van der Waals surface area contributed by atoms with E-state index in [9.17, 15) is 0 Å². The van der Waals surface area contributed by atoms with Crippen LogP contribution in [0.2, 0.25) is 0 Å². The fraction of sp³-hybridized carbons (Fsp3) is 1.00. The van der Waals surface area contributed by atoms with Gasteiger partial charge in [0.2, 0.25) is 0 Å². The molecule has 0 saturated heterocycles. The Morgan fingerprint density at radius 2 is 1.83 bits per heavy atom. The maximum absolute atomic E-state index is 3.56. The second-order valence-electron chi connectivity index (χ2n) is 6.97. The first-order valence-electron chi connectivity index (χ1n) is 7.85. The minimum absolute atomic E-state index is 0.461. The van der Waals surface area contributed by atoms with Crippen molar-refractivity contribution in [1.82, 2.24) is 10.2 Å². The number of nitrogens with one attached hydrogen (secondary N) is 1. The second kappa shape index (κ2) is 6.91. The molecule has 1 aliphatic carbocycles. The SMILES string of the molecule is CCCN(CC)C1CC(C(C)(C)C)CCC1NC. The van der Waals surface area contributed by atoms with Gasteiger partial charge >= 0.3 is 0 Å². The Bertz CT molecular complexity index is 232. The Morgan fingerprint density at radius 3 is 2.28 bits per heavy atom. The van der Waals surface area contributed by atoms with Crippen molar-refractivity contribution in [3.8, 4) is 0 Å². The van der Waals surface area contributed by atoms with Crippen molar-refractivity contribution in [2.45, 2.75) is 72.4 Å². The van der Waals surface area contributed by atoms with Crippen LogP contribution in [0.3, 0.4) is 0 Å². The van der Waals surface area contributed by atoms with Crippen molar-refractivity contribution >= 4 is 0 Å². The van der Waals surface area contributed by atoms with Gasteiger partial charge in [-0.15, -0.1) is 0 Å². The summed E-state index contributed by atoms with van der Waals surface area (Å²) in [5, 5.41) is 3.56. The van der Waals surface area contributed by atoms with E-state index < -0.39 is 0 Å². The Hall–Kier alpha value is -0.0800. The third kappa shape index (κ3) is 3.96. The van der Waals surface area contributed by atoms with Crippen LogP contribution in [-0.2, 0) is 0 Å². The lowest BCUT2D eigenvalue weighted by Gasteiger charge is -2.46. The molecule has 3 atom stereocenters. The van der Waals surface area contributed by atoms with Crippen LogP contribution in [0.5, 0.6) is 0 Å². The molecule has 1 fully saturated rings. The van der Waals surface area contributed by atoms with Gasteiger partial charge in [0, 0.05) is 12.1 Å². The molecular weight excluding hydrogens is 220 g/mol. The number of nitrogens with zero attached hydrogens (tertiary/aromatic N) is 1. The van der Waals surface area contributed by atoms with Crippen molar-refractivity contribution in [3.63, 3.8) is 0 Å². The molecule has 0 amide bonds. The van der Waals surface area contributed by atoms with Crippen LogP contribution in [0.25, 0.3) is 0 Å². The fourth-order valence-electron chi connectivity index (χ4n) is 3.52. The van der Waals surface area contributed by atoms with Crippen molar-refractivity contribution in [2.24, 2.45) is 11.3 Å². The van der Waals surface area contributed by atoms with Gasteiger partial charge in [-0.1, -0.05) is 34.6 Å². The van der Waals surface area contributed by atoms with Crippen LogP contribution in [0, 0.1) is 11.3 Å². The van der Waals surface area contributed by atoms with Gasteiger partial charge in [0.15, 0.2) is 0 Å². The summed E-state index contributed by atoms with van der Waals surface area (Å²) in [6.07, 6.45) is 5.35. The van der Waals surface area contributed by atoms with Crippen LogP contribution in [-0.4, -0.2) is 37.1 Å². The molecule has 1 N–H and O–H groups in total. The number of rotatable bonds is 5. The molecule has 0 aromatic heterocycles. The molecule has 0 bridgehead atoms. The molecule has 0 radical (unpaired) electrons. The lowest BCUT2D eigenvalue weighted by atomic mass is 9.69. The number of hydrogen-bond acceptors (Lipinski definition) is 2. The predicted octanol–water partition coefficient (Wildman–Crippen LogP) is 3.52. The standard InChI is InChI=1S/C16H34N2/c1-7-11-18(8-2)15-12-13(16(3,4)5)9-10-14(15)17-6/h13-15,17H,7-12H2,1-6H3. The summed E-state index contributed by atoms with van der Waals surface area (Å²) in [6.45, 7) is 14.3.